The molecule has 5 unspecified atom stereocenters. The molecule has 10 heteroatoms. The minimum absolute atomic E-state index is 0.0569. The number of thiazole rings is 1. The molecule has 0 saturated heterocycles. The van der Waals surface area contributed by atoms with Crippen LogP contribution in [0, 0.1) is 16.7 Å². The van der Waals surface area contributed by atoms with Gasteiger partial charge in [0.2, 0.25) is 5.91 Å². The van der Waals surface area contributed by atoms with Crippen LogP contribution in [-0.4, -0.2) is 51.9 Å². The Hall–Kier alpha value is -3.47. The molecule has 40 heavy (non-hydrogen) atoms. The zero-order valence-electron chi connectivity index (χ0n) is 22.8. The number of benzene rings is 2. The van der Waals surface area contributed by atoms with E-state index in [2.05, 4.69) is 17.6 Å². The molecule has 212 valence electrons. The lowest BCUT2D eigenvalue weighted by Crippen LogP contribution is -2.57. The largest absolute Gasteiger partial charge is 0.508 e. The number of amides is 2. The van der Waals surface area contributed by atoms with Crippen molar-refractivity contribution < 1.29 is 29.6 Å². The quantitative estimate of drug-likeness (QED) is 0.283. The number of hydrogen-bond acceptors (Lipinski definition) is 8. The topological polar surface area (TPSA) is 141 Å². The number of anilines is 2. The van der Waals surface area contributed by atoms with Gasteiger partial charge in [0.15, 0.2) is 5.13 Å². The Kier molecular flexibility index (Phi) is 7.60. The number of nitrogens with one attached hydrogen (secondary N) is 2. The van der Waals surface area contributed by atoms with E-state index in [1.165, 1.54) is 23.5 Å². The van der Waals surface area contributed by atoms with Crippen LogP contribution in [0.2, 0.25) is 0 Å². The van der Waals surface area contributed by atoms with Crippen molar-refractivity contribution in [1.82, 2.24) is 4.98 Å². The van der Waals surface area contributed by atoms with Crippen molar-refractivity contribution in [2.24, 2.45) is 16.7 Å². The number of aromatic nitrogens is 1. The first kappa shape index (κ1) is 28.1. The molecule has 5 rings (SSSR count). The third-order valence-electron chi connectivity index (χ3n) is 8.99. The summed E-state index contributed by atoms with van der Waals surface area (Å²) in [5.41, 5.74) is 0.559. The van der Waals surface area contributed by atoms with Crippen LogP contribution in [0.3, 0.4) is 0 Å². The molecule has 2 aromatic carbocycles. The number of ether oxygens (including phenoxy) is 1. The normalized spacial score (nSPS) is 27.3. The first-order valence-electron chi connectivity index (χ1n) is 13.4. The van der Waals surface area contributed by atoms with Crippen molar-refractivity contribution in [2.75, 3.05) is 24.4 Å². The molecule has 0 aliphatic heterocycles. The van der Waals surface area contributed by atoms with Gasteiger partial charge in [0.25, 0.3) is 5.91 Å². The molecule has 0 spiro atoms. The maximum atomic E-state index is 13.3. The summed E-state index contributed by atoms with van der Waals surface area (Å²) in [5, 5.41) is 37.5. The molecule has 3 aromatic rings. The van der Waals surface area contributed by atoms with Gasteiger partial charge >= 0.3 is 0 Å². The third kappa shape index (κ3) is 5.07. The SMILES string of the molecule is COc1ccc(C(=O)Nc2nc3c(s2)CC2C(C)(CO)C(O)CCC2(C)C3CC(=O)Nc2cccc(O)c2)cc1. The minimum atomic E-state index is -0.749. The number of aromatic hydroxyl groups is 1. The number of phenols is 1. The fourth-order valence-electron chi connectivity index (χ4n) is 6.59. The Morgan fingerprint density at radius 1 is 1.15 bits per heavy atom. The maximum absolute atomic E-state index is 13.3. The number of aliphatic hydroxyl groups excluding tert-OH is 2. The second-order valence-electron chi connectivity index (χ2n) is 11.3. The van der Waals surface area contributed by atoms with Gasteiger partial charge in [-0.15, -0.1) is 11.3 Å². The number of carbonyl (C=O) groups is 2. The highest BCUT2D eigenvalue weighted by atomic mass is 32.1. The van der Waals surface area contributed by atoms with Gasteiger partial charge in [0.1, 0.15) is 11.5 Å². The summed E-state index contributed by atoms with van der Waals surface area (Å²) in [6, 6.07) is 13.2. The Labute approximate surface area is 237 Å². The van der Waals surface area contributed by atoms with Crippen LogP contribution in [0.15, 0.2) is 48.5 Å². The lowest BCUT2D eigenvalue weighted by molar-refractivity contribution is -0.143. The van der Waals surface area contributed by atoms with Gasteiger partial charge in [-0.3, -0.25) is 14.9 Å². The Balaban J connectivity index is 1.47. The standard InChI is InChI=1S/C30H35N3O6S/c1-29-12-11-24(36)30(2,16-34)23(29)15-22-26(21(29)14-25(37)31-18-5-4-6-19(35)13-18)32-28(40-22)33-27(38)17-7-9-20(39-3)10-8-17/h4-10,13,21,23-24,34-36H,11-12,14-16H2,1-3H3,(H,31,37)(H,32,33,38). The first-order valence-corrected chi connectivity index (χ1v) is 14.2. The van der Waals surface area contributed by atoms with Crippen molar-refractivity contribution in [3.63, 3.8) is 0 Å². The number of carbonyl (C=O) groups excluding carboxylic acids is 2. The van der Waals surface area contributed by atoms with Crippen LogP contribution >= 0.6 is 11.3 Å². The van der Waals surface area contributed by atoms with Crippen LogP contribution in [0.5, 0.6) is 11.5 Å². The van der Waals surface area contributed by atoms with Gasteiger partial charge in [-0.2, -0.15) is 0 Å². The summed E-state index contributed by atoms with van der Waals surface area (Å²) in [6.45, 7) is 3.87. The summed E-state index contributed by atoms with van der Waals surface area (Å²) < 4.78 is 5.18. The van der Waals surface area contributed by atoms with E-state index in [9.17, 15) is 24.9 Å². The van der Waals surface area contributed by atoms with E-state index in [0.717, 1.165) is 10.6 Å². The molecule has 9 nitrogen and oxygen atoms in total. The molecule has 1 saturated carbocycles. The van der Waals surface area contributed by atoms with Crippen LogP contribution in [-0.2, 0) is 11.2 Å². The van der Waals surface area contributed by atoms with E-state index in [1.54, 1.807) is 43.5 Å². The number of aliphatic hydroxyl groups is 2. The molecule has 2 aliphatic carbocycles. The Morgan fingerprint density at radius 2 is 1.90 bits per heavy atom. The van der Waals surface area contributed by atoms with Crippen LogP contribution in [0.4, 0.5) is 10.8 Å². The van der Waals surface area contributed by atoms with Crippen LogP contribution < -0.4 is 15.4 Å². The molecular weight excluding hydrogens is 530 g/mol. The molecule has 0 bridgehead atoms. The number of fused-ring (bicyclic) bond motifs is 2. The predicted molar refractivity (Wildman–Crippen MR) is 153 cm³/mol. The van der Waals surface area contributed by atoms with E-state index >= 15 is 0 Å². The van der Waals surface area contributed by atoms with Gasteiger partial charge < -0.3 is 25.4 Å². The van der Waals surface area contributed by atoms with Gasteiger partial charge in [0.05, 0.1) is 25.5 Å². The smallest absolute Gasteiger partial charge is 0.257 e. The van der Waals surface area contributed by atoms with E-state index in [1.807, 2.05) is 6.92 Å². The number of phenolic OH excluding ortho intramolecular Hbond substituents is 1. The highest BCUT2D eigenvalue weighted by molar-refractivity contribution is 7.15. The summed E-state index contributed by atoms with van der Waals surface area (Å²) >= 11 is 1.37. The molecular formula is C30H35N3O6S. The summed E-state index contributed by atoms with van der Waals surface area (Å²) in [5.74, 6) is -0.229. The average Bonchev–Trinajstić information content (AvgIpc) is 3.34. The van der Waals surface area contributed by atoms with Crippen molar-refractivity contribution in [1.29, 1.82) is 0 Å². The van der Waals surface area contributed by atoms with E-state index in [0.29, 0.717) is 41.4 Å². The zero-order valence-corrected chi connectivity index (χ0v) is 23.6. The molecule has 0 radical (unpaired) electrons. The Bertz CT molecular complexity index is 1410. The van der Waals surface area contributed by atoms with E-state index in [-0.39, 0.29) is 42.4 Å². The molecule has 1 fully saturated rings. The van der Waals surface area contributed by atoms with Crippen molar-refractivity contribution in [3.8, 4) is 11.5 Å². The van der Waals surface area contributed by atoms with Gasteiger partial charge in [-0.1, -0.05) is 19.9 Å². The summed E-state index contributed by atoms with van der Waals surface area (Å²) in [7, 11) is 1.56. The lowest BCUT2D eigenvalue weighted by Gasteiger charge is -2.58. The molecule has 5 N–H and O–H groups in total. The fourth-order valence-corrected chi connectivity index (χ4v) is 7.66. The number of nitrogens with zero attached hydrogens (tertiary/aromatic N) is 1. The molecule has 5 atom stereocenters. The second kappa shape index (κ2) is 10.8. The van der Waals surface area contributed by atoms with Crippen LogP contribution in [0.25, 0.3) is 0 Å². The lowest BCUT2D eigenvalue weighted by atomic mass is 9.47. The van der Waals surface area contributed by atoms with Gasteiger partial charge in [0, 0.05) is 39.9 Å². The second-order valence-corrected chi connectivity index (χ2v) is 12.4. The van der Waals surface area contributed by atoms with Crippen LogP contribution in [0.1, 0.15) is 60.0 Å². The highest BCUT2D eigenvalue weighted by Crippen LogP contribution is 2.62. The van der Waals surface area contributed by atoms with Gasteiger partial charge in [-0.25, -0.2) is 4.98 Å². The van der Waals surface area contributed by atoms with E-state index < -0.39 is 16.9 Å². The number of methoxy groups -OCH3 is 1. The monoisotopic (exact) mass is 565 g/mol. The molecule has 2 aliphatic rings. The summed E-state index contributed by atoms with van der Waals surface area (Å²) in [4.78, 5) is 32.1. The maximum Gasteiger partial charge on any atom is 0.257 e. The van der Waals surface area contributed by atoms with E-state index in [4.69, 9.17) is 9.72 Å². The predicted octanol–water partition coefficient (Wildman–Crippen LogP) is 4.55. The zero-order chi connectivity index (χ0) is 28.7. The number of hydrogen-bond donors (Lipinski definition) is 5. The number of rotatable bonds is 7. The Morgan fingerprint density at radius 3 is 2.58 bits per heavy atom. The van der Waals surface area contributed by atoms with Crippen molar-refractivity contribution in [3.05, 3.63) is 64.7 Å². The minimum Gasteiger partial charge on any atom is -0.508 e. The molecule has 2 amide bonds. The van der Waals surface area contributed by atoms with Crippen molar-refractivity contribution >= 4 is 34.0 Å². The van der Waals surface area contributed by atoms with Crippen molar-refractivity contribution in [2.45, 2.75) is 51.6 Å². The van der Waals surface area contributed by atoms with Gasteiger partial charge in [-0.05, 0) is 67.0 Å². The molecule has 1 heterocycles. The first-order chi connectivity index (χ1) is 19.1. The third-order valence-corrected chi connectivity index (χ3v) is 9.99. The fraction of sp³-hybridized carbons (Fsp3) is 0.433. The molecule has 1 aromatic heterocycles. The summed E-state index contributed by atoms with van der Waals surface area (Å²) in [6.07, 6.45) is 1.23. The average molecular weight is 566 g/mol. The highest BCUT2D eigenvalue weighted by Gasteiger charge is 2.59.